The molecule has 0 fully saturated rings. The Bertz CT molecular complexity index is 1020. The lowest BCUT2D eigenvalue weighted by molar-refractivity contribution is -0.0379. The molecular weight excluding hydrogens is 338 g/mol. The summed E-state index contributed by atoms with van der Waals surface area (Å²) in [6.07, 6.45) is 0.649. The van der Waals surface area contributed by atoms with Crippen LogP contribution in [-0.4, -0.2) is 26.4 Å². The number of thiophene rings is 1. The van der Waals surface area contributed by atoms with Crippen LogP contribution < -0.4 is 5.56 Å². The Hall–Kier alpha value is -2.38. The van der Waals surface area contributed by atoms with E-state index in [9.17, 15) is 9.59 Å². The van der Waals surface area contributed by atoms with Crippen LogP contribution in [0.2, 0.25) is 0 Å². The fraction of sp³-hybridized carbons (Fsp3) is 0.333. The third-order valence-electron chi connectivity index (χ3n) is 4.35. The lowest BCUT2D eigenvalue weighted by Crippen LogP contribution is -2.33. The summed E-state index contributed by atoms with van der Waals surface area (Å²) >= 11 is 1.44. The second-order valence-electron chi connectivity index (χ2n) is 6.75. The first-order chi connectivity index (χ1) is 11.9. The summed E-state index contributed by atoms with van der Waals surface area (Å²) in [6.45, 7) is 4.37. The minimum Gasteiger partial charge on any atom is -0.370 e. The quantitative estimate of drug-likeness (QED) is 0.675. The number of aromatic nitrogens is 3. The van der Waals surface area contributed by atoms with Crippen molar-refractivity contribution in [2.24, 2.45) is 0 Å². The van der Waals surface area contributed by atoms with Crippen molar-refractivity contribution >= 4 is 27.3 Å². The Kier molecular flexibility index (Phi) is 3.77. The van der Waals surface area contributed by atoms with Gasteiger partial charge in [-0.25, -0.2) is 4.68 Å². The maximum absolute atomic E-state index is 12.9. The second kappa shape index (κ2) is 5.86. The number of benzene rings is 1. The van der Waals surface area contributed by atoms with Gasteiger partial charge in [-0.15, -0.1) is 16.4 Å². The first kappa shape index (κ1) is 16.1. The van der Waals surface area contributed by atoms with E-state index in [1.165, 1.54) is 11.3 Å². The van der Waals surface area contributed by atoms with Gasteiger partial charge in [0, 0.05) is 16.9 Å². The normalized spacial score (nSPS) is 15.9. The van der Waals surface area contributed by atoms with E-state index in [2.05, 4.69) is 10.3 Å². The van der Waals surface area contributed by atoms with Crippen molar-refractivity contribution in [1.29, 1.82) is 0 Å². The smallest absolute Gasteiger partial charge is 0.279 e. The topological polar surface area (TPSA) is 74.1 Å². The van der Waals surface area contributed by atoms with Crippen LogP contribution in [0.4, 0.5) is 0 Å². The monoisotopic (exact) mass is 355 g/mol. The van der Waals surface area contributed by atoms with E-state index in [1.54, 1.807) is 24.3 Å². The van der Waals surface area contributed by atoms with Crippen LogP contribution in [0.1, 0.15) is 34.6 Å². The van der Waals surface area contributed by atoms with Crippen LogP contribution in [0, 0.1) is 0 Å². The first-order valence-corrected chi connectivity index (χ1v) is 8.86. The molecule has 0 bridgehead atoms. The largest absolute Gasteiger partial charge is 0.370 e. The van der Waals surface area contributed by atoms with Gasteiger partial charge in [-0.3, -0.25) is 9.59 Å². The molecule has 3 aromatic rings. The number of carbonyl (C=O) groups excluding carboxylic acids is 1. The Morgan fingerprint density at radius 2 is 2.08 bits per heavy atom. The lowest BCUT2D eigenvalue weighted by atomic mass is 9.94. The molecule has 0 saturated heterocycles. The van der Waals surface area contributed by atoms with Crippen molar-refractivity contribution in [3.63, 3.8) is 0 Å². The van der Waals surface area contributed by atoms with Gasteiger partial charge in [-0.2, -0.15) is 0 Å². The van der Waals surface area contributed by atoms with Gasteiger partial charge in [0.05, 0.1) is 17.6 Å². The molecule has 0 unspecified atom stereocenters. The van der Waals surface area contributed by atoms with Crippen LogP contribution >= 0.6 is 11.3 Å². The molecule has 0 amide bonds. The molecule has 0 N–H and O–H groups in total. The zero-order chi connectivity index (χ0) is 17.6. The maximum atomic E-state index is 12.9. The third kappa shape index (κ3) is 2.89. The zero-order valence-electron chi connectivity index (χ0n) is 14.0. The van der Waals surface area contributed by atoms with E-state index < -0.39 is 0 Å². The molecule has 25 heavy (non-hydrogen) atoms. The first-order valence-electron chi connectivity index (χ1n) is 8.05. The predicted molar refractivity (Wildman–Crippen MR) is 95.0 cm³/mol. The zero-order valence-corrected chi connectivity index (χ0v) is 14.8. The van der Waals surface area contributed by atoms with Crippen molar-refractivity contribution < 1.29 is 9.53 Å². The predicted octanol–water partition coefficient (Wildman–Crippen LogP) is 2.59. The molecule has 1 aliphatic rings. The van der Waals surface area contributed by atoms with E-state index in [0.717, 1.165) is 15.1 Å². The van der Waals surface area contributed by atoms with Crippen LogP contribution in [0.25, 0.3) is 10.2 Å². The third-order valence-corrected chi connectivity index (χ3v) is 5.44. The molecule has 2 aromatic heterocycles. The molecule has 6 nitrogen and oxygen atoms in total. The summed E-state index contributed by atoms with van der Waals surface area (Å²) in [5, 5.41) is 8.70. The minimum atomic E-state index is -0.318. The number of ether oxygens (including phenoxy) is 1. The number of hydrogen-bond donors (Lipinski definition) is 0. The maximum Gasteiger partial charge on any atom is 0.279 e. The number of hydrogen-bond acceptors (Lipinski definition) is 6. The van der Waals surface area contributed by atoms with Gasteiger partial charge in [0.1, 0.15) is 6.54 Å². The Morgan fingerprint density at radius 1 is 1.32 bits per heavy atom. The van der Waals surface area contributed by atoms with Crippen molar-refractivity contribution in [2.45, 2.75) is 39.0 Å². The summed E-state index contributed by atoms with van der Waals surface area (Å²) < 4.78 is 6.97. The van der Waals surface area contributed by atoms with E-state index in [0.29, 0.717) is 28.8 Å². The average molecular weight is 355 g/mol. The second-order valence-corrected chi connectivity index (χ2v) is 7.83. The molecule has 0 aliphatic carbocycles. The summed E-state index contributed by atoms with van der Waals surface area (Å²) in [5.41, 5.74) is 0.959. The molecule has 1 aliphatic heterocycles. The summed E-state index contributed by atoms with van der Waals surface area (Å²) in [6, 6.07) is 8.89. The number of nitrogens with zero attached hydrogens (tertiary/aromatic N) is 3. The molecule has 0 atom stereocenters. The molecule has 0 saturated carbocycles. The van der Waals surface area contributed by atoms with Crippen molar-refractivity contribution in [2.75, 3.05) is 0 Å². The number of rotatable bonds is 3. The standard InChI is InChI=1S/C18H17N3O3S/c1-18(2)8-12-14(10-24-18)25-16-15(12)17(23)21(20-19-16)9-13(22)11-6-4-3-5-7-11/h3-7H,8-10H2,1-2H3. The fourth-order valence-electron chi connectivity index (χ4n) is 3.05. The van der Waals surface area contributed by atoms with Crippen LogP contribution in [-0.2, 0) is 24.3 Å². The Balaban J connectivity index is 1.76. The Labute approximate surface area is 148 Å². The molecule has 0 radical (unpaired) electrons. The highest BCUT2D eigenvalue weighted by Crippen LogP contribution is 2.36. The van der Waals surface area contributed by atoms with E-state index in [4.69, 9.17) is 4.74 Å². The molecule has 1 aromatic carbocycles. The minimum absolute atomic E-state index is 0.115. The van der Waals surface area contributed by atoms with Gasteiger partial charge in [-0.1, -0.05) is 35.5 Å². The average Bonchev–Trinajstić information content (AvgIpc) is 2.95. The van der Waals surface area contributed by atoms with Gasteiger partial charge in [-0.05, 0) is 19.4 Å². The fourth-order valence-corrected chi connectivity index (χ4v) is 4.09. The Morgan fingerprint density at radius 3 is 2.84 bits per heavy atom. The molecule has 3 heterocycles. The molecule has 128 valence electrons. The lowest BCUT2D eigenvalue weighted by Gasteiger charge is -2.29. The van der Waals surface area contributed by atoms with Crippen molar-refractivity contribution in [1.82, 2.24) is 15.0 Å². The van der Waals surface area contributed by atoms with Gasteiger partial charge in [0.25, 0.3) is 5.56 Å². The molecule has 7 heteroatoms. The molecule has 0 spiro atoms. The van der Waals surface area contributed by atoms with Crippen molar-refractivity contribution in [3.8, 4) is 0 Å². The van der Waals surface area contributed by atoms with Crippen LogP contribution in [0.15, 0.2) is 35.1 Å². The molecule has 4 rings (SSSR count). The van der Waals surface area contributed by atoms with E-state index in [-0.39, 0.29) is 23.5 Å². The van der Waals surface area contributed by atoms with Crippen LogP contribution in [0.3, 0.4) is 0 Å². The number of carbonyl (C=O) groups is 1. The SMILES string of the molecule is CC1(C)Cc2c(sc3nnn(CC(=O)c4ccccc4)c(=O)c23)CO1. The van der Waals surface area contributed by atoms with E-state index >= 15 is 0 Å². The van der Waals surface area contributed by atoms with Gasteiger partial charge < -0.3 is 4.74 Å². The summed E-state index contributed by atoms with van der Waals surface area (Å²) in [5.74, 6) is -0.163. The van der Waals surface area contributed by atoms with Gasteiger partial charge in [0.15, 0.2) is 10.6 Å². The van der Waals surface area contributed by atoms with Gasteiger partial charge in [0.2, 0.25) is 0 Å². The summed E-state index contributed by atoms with van der Waals surface area (Å²) in [7, 11) is 0. The van der Waals surface area contributed by atoms with Gasteiger partial charge >= 0.3 is 0 Å². The number of ketones is 1. The molecular formula is C18H17N3O3S. The number of Topliss-reactive ketones (excluding diaryl/α,β-unsaturated/α-hetero) is 1. The van der Waals surface area contributed by atoms with Crippen LogP contribution in [0.5, 0.6) is 0 Å². The van der Waals surface area contributed by atoms with E-state index in [1.807, 2.05) is 19.9 Å². The highest BCUT2D eigenvalue weighted by molar-refractivity contribution is 7.18. The highest BCUT2D eigenvalue weighted by Gasteiger charge is 2.31. The number of fused-ring (bicyclic) bond motifs is 3. The van der Waals surface area contributed by atoms with Crippen molar-refractivity contribution in [3.05, 3.63) is 56.7 Å². The highest BCUT2D eigenvalue weighted by atomic mass is 32.1. The summed E-state index contributed by atoms with van der Waals surface area (Å²) in [4.78, 5) is 26.9.